The topological polar surface area (TPSA) is 64.3 Å². The van der Waals surface area contributed by atoms with Crippen LogP contribution in [-0.2, 0) is 4.79 Å². The third-order valence-corrected chi connectivity index (χ3v) is 2.26. The molecular formula is C13H20N2O2. The fourth-order valence-electron chi connectivity index (χ4n) is 1.41. The quantitative estimate of drug-likeness (QED) is 0.795. The van der Waals surface area contributed by atoms with Gasteiger partial charge in [0.2, 0.25) is 5.91 Å². The SMILES string of the molecule is CCOc1cccc(NC(=O)CCC(C)N)c1. The van der Waals surface area contributed by atoms with Gasteiger partial charge in [-0.2, -0.15) is 0 Å². The molecule has 1 atom stereocenters. The Labute approximate surface area is 102 Å². The van der Waals surface area contributed by atoms with Crippen molar-refractivity contribution >= 4 is 11.6 Å². The first-order valence-corrected chi connectivity index (χ1v) is 5.90. The van der Waals surface area contributed by atoms with Crippen LogP contribution in [0, 0.1) is 0 Å². The van der Waals surface area contributed by atoms with Gasteiger partial charge in [0, 0.05) is 24.2 Å². The molecule has 0 aromatic heterocycles. The van der Waals surface area contributed by atoms with Crippen LogP contribution in [-0.4, -0.2) is 18.6 Å². The molecule has 0 heterocycles. The van der Waals surface area contributed by atoms with Gasteiger partial charge in [0.15, 0.2) is 0 Å². The van der Waals surface area contributed by atoms with Crippen molar-refractivity contribution < 1.29 is 9.53 Å². The highest BCUT2D eigenvalue weighted by Crippen LogP contribution is 2.17. The molecule has 1 unspecified atom stereocenters. The summed E-state index contributed by atoms with van der Waals surface area (Å²) < 4.78 is 5.35. The van der Waals surface area contributed by atoms with Crippen molar-refractivity contribution in [3.8, 4) is 5.75 Å². The van der Waals surface area contributed by atoms with E-state index < -0.39 is 0 Å². The standard InChI is InChI=1S/C13H20N2O2/c1-3-17-12-6-4-5-11(9-12)15-13(16)8-7-10(2)14/h4-6,9-10H,3,7-8,14H2,1-2H3,(H,15,16). The average Bonchev–Trinajstić information content (AvgIpc) is 2.27. The fourth-order valence-corrected chi connectivity index (χ4v) is 1.41. The van der Waals surface area contributed by atoms with Crippen molar-refractivity contribution in [1.82, 2.24) is 0 Å². The normalized spacial score (nSPS) is 11.9. The number of nitrogens with one attached hydrogen (secondary N) is 1. The zero-order chi connectivity index (χ0) is 12.7. The fraction of sp³-hybridized carbons (Fsp3) is 0.462. The molecule has 0 saturated heterocycles. The Morgan fingerprint density at radius 2 is 2.29 bits per heavy atom. The first kappa shape index (κ1) is 13.5. The first-order chi connectivity index (χ1) is 8.11. The van der Waals surface area contributed by atoms with Gasteiger partial charge in [0.25, 0.3) is 0 Å². The minimum absolute atomic E-state index is 0.0176. The van der Waals surface area contributed by atoms with E-state index in [-0.39, 0.29) is 11.9 Å². The maximum atomic E-state index is 11.6. The van der Waals surface area contributed by atoms with E-state index in [0.717, 1.165) is 11.4 Å². The predicted molar refractivity (Wildman–Crippen MR) is 69.1 cm³/mol. The van der Waals surface area contributed by atoms with Crippen LogP contribution in [0.5, 0.6) is 5.75 Å². The summed E-state index contributed by atoms with van der Waals surface area (Å²) >= 11 is 0. The molecule has 0 spiro atoms. The minimum Gasteiger partial charge on any atom is -0.494 e. The predicted octanol–water partition coefficient (Wildman–Crippen LogP) is 2.15. The van der Waals surface area contributed by atoms with Gasteiger partial charge in [0.1, 0.15) is 5.75 Å². The van der Waals surface area contributed by atoms with Gasteiger partial charge < -0.3 is 15.8 Å². The minimum atomic E-state index is -0.0176. The van der Waals surface area contributed by atoms with Crippen LogP contribution in [0.2, 0.25) is 0 Å². The molecule has 0 aliphatic heterocycles. The lowest BCUT2D eigenvalue weighted by Gasteiger charge is -2.08. The van der Waals surface area contributed by atoms with E-state index in [9.17, 15) is 4.79 Å². The van der Waals surface area contributed by atoms with E-state index in [1.165, 1.54) is 0 Å². The van der Waals surface area contributed by atoms with Gasteiger partial charge in [0.05, 0.1) is 6.61 Å². The van der Waals surface area contributed by atoms with Crippen LogP contribution >= 0.6 is 0 Å². The second-order valence-electron chi connectivity index (χ2n) is 4.02. The Kier molecular flexibility index (Phi) is 5.49. The number of benzene rings is 1. The zero-order valence-electron chi connectivity index (χ0n) is 10.4. The van der Waals surface area contributed by atoms with Crippen molar-refractivity contribution in [2.45, 2.75) is 32.7 Å². The highest BCUT2D eigenvalue weighted by Gasteiger charge is 2.04. The highest BCUT2D eigenvalue weighted by molar-refractivity contribution is 5.90. The van der Waals surface area contributed by atoms with Crippen LogP contribution < -0.4 is 15.8 Å². The Morgan fingerprint density at radius 1 is 1.53 bits per heavy atom. The van der Waals surface area contributed by atoms with Gasteiger partial charge in [-0.25, -0.2) is 0 Å². The molecule has 0 fully saturated rings. The smallest absolute Gasteiger partial charge is 0.224 e. The van der Waals surface area contributed by atoms with Gasteiger partial charge in [-0.15, -0.1) is 0 Å². The Bertz CT molecular complexity index is 364. The number of amides is 1. The van der Waals surface area contributed by atoms with Crippen molar-refractivity contribution in [2.24, 2.45) is 5.73 Å². The lowest BCUT2D eigenvalue weighted by Crippen LogP contribution is -2.19. The lowest BCUT2D eigenvalue weighted by molar-refractivity contribution is -0.116. The summed E-state index contributed by atoms with van der Waals surface area (Å²) in [7, 11) is 0. The molecule has 17 heavy (non-hydrogen) atoms. The Balaban J connectivity index is 2.50. The van der Waals surface area contributed by atoms with Gasteiger partial charge in [-0.05, 0) is 32.4 Å². The van der Waals surface area contributed by atoms with E-state index in [2.05, 4.69) is 5.32 Å². The maximum absolute atomic E-state index is 11.6. The van der Waals surface area contributed by atoms with Crippen LogP contribution in [0.4, 0.5) is 5.69 Å². The molecular weight excluding hydrogens is 216 g/mol. The van der Waals surface area contributed by atoms with Crippen molar-refractivity contribution in [1.29, 1.82) is 0 Å². The summed E-state index contributed by atoms with van der Waals surface area (Å²) in [5, 5.41) is 2.82. The van der Waals surface area contributed by atoms with E-state index in [4.69, 9.17) is 10.5 Å². The second kappa shape index (κ2) is 6.91. The molecule has 0 saturated carbocycles. The molecule has 94 valence electrons. The summed E-state index contributed by atoms with van der Waals surface area (Å²) in [6.07, 6.45) is 1.13. The first-order valence-electron chi connectivity index (χ1n) is 5.90. The second-order valence-corrected chi connectivity index (χ2v) is 4.02. The number of hydrogen-bond acceptors (Lipinski definition) is 3. The van der Waals surface area contributed by atoms with E-state index in [1.807, 2.05) is 38.1 Å². The number of nitrogens with two attached hydrogens (primary N) is 1. The van der Waals surface area contributed by atoms with Crippen LogP contribution in [0.3, 0.4) is 0 Å². The number of carbonyl (C=O) groups is 1. The number of anilines is 1. The van der Waals surface area contributed by atoms with E-state index >= 15 is 0 Å². The van der Waals surface area contributed by atoms with Gasteiger partial charge in [-0.3, -0.25) is 4.79 Å². The van der Waals surface area contributed by atoms with Crippen LogP contribution in [0.15, 0.2) is 24.3 Å². The molecule has 0 aliphatic carbocycles. The largest absolute Gasteiger partial charge is 0.494 e. The van der Waals surface area contributed by atoms with Crippen LogP contribution in [0.1, 0.15) is 26.7 Å². The number of hydrogen-bond donors (Lipinski definition) is 2. The third kappa shape index (κ3) is 5.36. The van der Waals surface area contributed by atoms with Crippen LogP contribution in [0.25, 0.3) is 0 Å². The third-order valence-electron chi connectivity index (χ3n) is 2.26. The lowest BCUT2D eigenvalue weighted by atomic mass is 10.2. The molecule has 3 N–H and O–H groups in total. The van der Waals surface area contributed by atoms with Gasteiger partial charge >= 0.3 is 0 Å². The number of rotatable bonds is 6. The monoisotopic (exact) mass is 236 g/mol. The van der Waals surface area contributed by atoms with Crippen molar-refractivity contribution in [3.05, 3.63) is 24.3 Å². The molecule has 1 rings (SSSR count). The molecule has 0 radical (unpaired) electrons. The molecule has 0 bridgehead atoms. The number of ether oxygens (including phenoxy) is 1. The maximum Gasteiger partial charge on any atom is 0.224 e. The summed E-state index contributed by atoms with van der Waals surface area (Å²) in [6.45, 7) is 4.43. The summed E-state index contributed by atoms with van der Waals surface area (Å²) in [5.74, 6) is 0.744. The molecule has 1 aromatic rings. The summed E-state index contributed by atoms with van der Waals surface area (Å²) in [5.41, 5.74) is 6.35. The summed E-state index contributed by atoms with van der Waals surface area (Å²) in [4.78, 5) is 11.6. The Hall–Kier alpha value is -1.55. The molecule has 4 nitrogen and oxygen atoms in total. The van der Waals surface area contributed by atoms with E-state index in [0.29, 0.717) is 19.4 Å². The molecule has 1 amide bonds. The van der Waals surface area contributed by atoms with Crippen molar-refractivity contribution in [3.63, 3.8) is 0 Å². The number of carbonyl (C=O) groups excluding carboxylic acids is 1. The summed E-state index contributed by atoms with van der Waals surface area (Å²) in [6, 6.07) is 7.42. The molecule has 4 heteroatoms. The van der Waals surface area contributed by atoms with Gasteiger partial charge in [-0.1, -0.05) is 6.07 Å². The zero-order valence-corrected chi connectivity index (χ0v) is 10.4. The molecule has 0 aliphatic rings. The van der Waals surface area contributed by atoms with Crippen molar-refractivity contribution in [2.75, 3.05) is 11.9 Å². The average molecular weight is 236 g/mol. The Morgan fingerprint density at radius 3 is 2.94 bits per heavy atom. The highest BCUT2D eigenvalue weighted by atomic mass is 16.5. The molecule has 1 aromatic carbocycles. The van der Waals surface area contributed by atoms with E-state index in [1.54, 1.807) is 0 Å².